The summed E-state index contributed by atoms with van der Waals surface area (Å²) in [6.45, 7) is 9.93. The number of carboxylic acid groups (broad SMARTS) is 1. The maximum absolute atomic E-state index is 10.7. The number of carboxylic acids is 1. The van der Waals surface area contributed by atoms with Crippen molar-refractivity contribution in [2.45, 2.75) is 32.2 Å². The van der Waals surface area contributed by atoms with Gasteiger partial charge in [-0.3, -0.25) is 14.6 Å². The molecule has 1 atom stereocenters. The van der Waals surface area contributed by atoms with E-state index in [2.05, 4.69) is 16.7 Å². The molecule has 0 aromatic carbocycles. The lowest BCUT2D eigenvalue weighted by molar-refractivity contribution is -0.138. The maximum Gasteiger partial charge on any atom is 0.317 e. The van der Waals surface area contributed by atoms with E-state index < -0.39 is 5.97 Å². The molecule has 0 spiro atoms. The molecule has 5 nitrogen and oxygen atoms in total. The van der Waals surface area contributed by atoms with Gasteiger partial charge in [0.05, 0.1) is 6.54 Å². The minimum absolute atomic E-state index is 0.197. The summed E-state index contributed by atoms with van der Waals surface area (Å²) in [5, 5.41) is 8.81. The van der Waals surface area contributed by atoms with Gasteiger partial charge in [-0.15, -0.1) is 0 Å². The summed E-state index contributed by atoms with van der Waals surface area (Å²) in [7, 11) is 0. The molecule has 2 aliphatic rings. The van der Waals surface area contributed by atoms with E-state index in [9.17, 15) is 4.79 Å². The lowest BCUT2D eigenvalue weighted by atomic mass is 10.1. The molecule has 0 radical (unpaired) electrons. The fourth-order valence-corrected chi connectivity index (χ4v) is 3.30. The molecule has 0 bridgehead atoms. The first-order valence-electron chi connectivity index (χ1n) is 7.59. The summed E-state index contributed by atoms with van der Waals surface area (Å²) >= 11 is 0. The summed E-state index contributed by atoms with van der Waals surface area (Å²) in [5.41, 5.74) is 0. The van der Waals surface area contributed by atoms with Crippen molar-refractivity contribution in [2.24, 2.45) is 0 Å². The van der Waals surface area contributed by atoms with Crippen LogP contribution in [0.25, 0.3) is 0 Å². The number of carbonyl (C=O) groups is 1. The van der Waals surface area contributed by atoms with Gasteiger partial charge < -0.3 is 10.0 Å². The van der Waals surface area contributed by atoms with Gasteiger partial charge >= 0.3 is 5.97 Å². The van der Waals surface area contributed by atoms with Crippen molar-refractivity contribution in [2.75, 3.05) is 52.4 Å². The second kappa shape index (κ2) is 7.22. The SMILES string of the molecule is CCN1CCCC(N2CCN(CC(=O)O)CC2)CC1. The summed E-state index contributed by atoms with van der Waals surface area (Å²) in [6, 6.07) is 0.712. The molecule has 0 aliphatic carbocycles. The van der Waals surface area contributed by atoms with Crippen molar-refractivity contribution in [3.8, 4) is 0 Å². The van der Waals surface area contributed by atoms with Crippen LogP contribution in [0.3, 0.4) is 0 Å². The third-order valence-corrected chi connectivity index (χ3v) is 4.52. The van der Waals surface area contributed by atoms with Gasteiger partial charge in [0.2, 0.25) is 0 Å². The van der Waals surface area contributed by atoms with Crippen LogP contribution in [0, 0.1) is 0 Å². The molecule has 0 amide bonds. The smallest absolute Gasteiger partial charge is 0.317 e. The summed E-state index contributed by atoms with van der Waals surface area (Å²) in [5.74, 6) is -0.707. The zero-order valence-electron chi connectivity index (χ0n) is 12.1. The molecular weight excluding hydrogens is 242 g/mol. The minimum atomic E-state index is -0.707. The molecule has 2 aliphatic heterocycles. The van der Waals surface area contributed by atoms with Crippen LogP contribution >= 0.6 is 0 Å². The van der Waals surface area contributed by atoms with Crippen molar-refractivity contribution in [1.82, 2.24) is 14.7 Å². The van der Waals surface area contributed by atoms with Crippen LogP contribution < -0.4 is 0 Å². The van der Waals surface area contributed by atoms with E-state index >= 15 is 0 Å². The van der Waals surface area contributed by atoms with Gasteiger partial charge in [-0.2, -0.15) is 0 Å². The fraction of sp³-hybridized carbons (Fsp3) is 0.929. The Morgan fingerprint density at radius 1 is 1.05 bits per heavy atom. The van der Waals surface area contributed by atoms with E-state index in [0.717, 1.165) is 26.2 Å². The first kappa shape index (κ1) is 14.8. The molecule has 19 heavy (non-hydrogen) atoms. The third-order valence-electron chi connectivity index (χ3n) is 4.52. The van der Waals surface area contributed by atoms with Crippen molar-refractivity contribution >= 4 is 5.97 Å². The molecular formula is C14H27N3O2. The van der Waals surface area contributed by atoms with Crippen LogP contribution in [-0.4, -0.2) is 84.2 Å². The molecule has 1 N–H and O–H groups in total. The maximum atomic E-state index is 10.7. The van der Waals surface area contributed by atoms with E-state index in [1.54, 1.807) is 0 Å². The molecule has 0 saturated carbocycles. The number of aliphatic carboxylic acids is 1. The Bertz CT molecular complexity index is 290. The number of hydrogen-bond donors (Lipinski definition) is 1. The highest BCUT2D eigenvalue weighted by atomic mass is 16.4. The highest BCUT2D eigenvalue weighted by Gasteiger charge is 2.26. The fourth-order valence-electron chi connectivity index (χ4n) is 3.30. The number of piperazine rings is 1. The summed E-state index contributed by atoms with van der Waals surface area (Å²) < 4.78 is 0. The highest BCUT2D eigenvalue weighted by molar-refractivity contribution is 5.69. The molecule has 2 saturated heterocycles. The molecule has 0 aromatic rings. The highest BCUT2D eigenvalue weighted by Crippen LogP contribution is 2.18. The Labute approximate surface area is 116 Å². The minimum Gasteiger partial charge on any atom is -0.480 e. The molecule has 5 heteroatoms. The van der Waals surface area contributed by atoms with Gasteiger partial charge in [0.1, 0.15) is 0 Å². The first-order valence-corrected chi connectivity index (χ1v) is 7.59. The van der Waals surface area contributed by atoms with Gasteiger partial charge in [0, 0.05) is 32.2 Å². The van der Waals surface area contributed by atoms with Crippen LogP contribution in [0.2, 0.25) is 0 Å². The third kappa shape index (κ3) is 4.44. The zero-order chi connectivity index (χ0) is 13.7. The molecule has 2 rings (SSSR count). The van der Waals surface area contributed by atoms with E-state index in [1.807, 2.05) is 4.90 Å². The van der Waals surface area contributed by atoms with Crippen LogP contribution in [0.1, 0.15) is 26.2 Å². The molecule has 110 valence electrons. The predicted molar refractivity (Wildman–Crippen MR) is 75.4 cm³/mol. The Hall–Kier alpha value is -0.650. The predicted octanol–water partition coefficient (Wildman–Crippen LogP) is 0.563. The van der Waals surface area contributed by atoms with Crippen molar-refractivity contribution in [1.29, 1.82) is 0 Å². The quantitative estimate of drug-likeness (QED) is 0.808. The van der Waals surface area contributed by atoms with Gasteiger partial charge in [-0.05, 0) is 38.9 Å². The Balaban J connectivity index is 1.76. The molecule has 2 heterocycles. The van der Waals surface area contributed by atoms with E-state index in [0.29, 0.717) is 6.04 Å². The van der Waals surface area contributed by atoms with Gasteiger partial charge in [0.15, 0.2) is 0 Å². The second-order valence-corrected chi connectivity index (χ2v) is 5.72. The average molecular weight is 269 g/mol. The van der Waals surface area contributed by atoms with Gasteiger partial charge in [0.25, 0.3) is 0 Å². The monoisotopic (exact) mass is 269 g/mol. The zero-order valence-corrected chi connectivity index (χ0v) is 12.1. The number of hydrogen-bond acceptors (Lipinski definition) is 4. The van der Waals surface area contributed by atoms with E-state index in [1.165, 1.54) is 38.9 Å². The first-order chi connectivity index (χ1) is 9.19. The van der Waals surface area contributed by atoms with Gasteiger partial charge in [-0.1, -0.05) is 6.92 Å². The van der Waals surface area contributed by atoms with Crippen LogP contribution in [0.15, 0.2) is 0 Å². The van der Waals surface area contributed by atoms with E-state index in [-0.39, 0.29) is 6.54 Å². The van der Waals surface area contributed by atoms with Crippen LogP contribution in [0.4, 0.5) is 0 Å². The molecule has 1 unspecified atom stereocenters. The Morgan fingerprint density at radius 3 is 2.42 bits per heavy atom. The number of rotatable bonds is 4. The standard InChI is InChI=1S/C14H27N3O2/c1-2-15-6-3-4-13(5-7-15)17-10-8-16(9-11-17)12-14(18)19/h13H,2-12H2,1H3,(H,18,19). The summed E-state index contributed by atoms with van der Waals surface area (Å²) in [6.07, 6.45) is 3.87. The van der Waals surface area contributed by atoms with Crippen LogP contribution in [0.5, 0.6) is 0 Å². The Kier molecular flexibility index (Phi) is 5.60. The van der Waals surface area contributed by atoms with Crippen LogP contribution in [-0.2, 0) is 4.79 Å². The largest absolute Gasteiger partial charge is 0.480 e. The molecule has 0 aromatic heterocycles. The normalized spacial score (nSPS) is 28.2. The number of likely N-dealkylation sites (tertiary alicyclic amines) is 1. The van der Waals surface area contributed by atoms with Gasteiger partial charge in [-0.25, -0.2) is 0 Å². The Morgan fingerprint density at radius 2 is 1.79 bits per heavy atom. The van der Waals surface area contributed by atoms with E-state index in [4.69, 9.17) is 5.11 Å². The molecule has 2 fully saturated rings. The average Bonchev–Trinajstić information content (AvgIpc) is 2.64. The van der Waals surface area contributed by atoms with Crippen molar-refractivity contribution in [3.63, 3.8) is 0 Å². The van der Waals surface area contributed by atoms with Crippen molar-refractivity contribution < 1.29 is 9.90 Å². The number of nitrogens with zero attached hydrogens (tertiary/aromatic N) is 3. The summed E-state index contributed by atoms with van der Waals surface area (Å²) in [4.78, 5) is 17.9. The van der Waals surface area contributed by atoms with Crippen molar-refractivity contribution in [3.05, 3.63) is 0 Å². The lowest BCUT2D eigenvalue weighted by Crippen LogP contribution is -2.51. The topological polar surface area (TPSA) is 47.0 Å². The second-order valence-electron chi connectivity index (χ2n) is 5.72. The lowest BCUT2D eigenvalue weighted by Gasteiger charge is -2.38.